The number of carbonyl (C=O) groups is 1. The first-order chi connectivity index (χ1) is 8.13. The van der Waals surface area contributed by atoms with E-state index >= 15 is 0 Å². The van der Waals surface area contributed by atoms with Crippen LogP contribution < -0.4 is 0 Å². The SMILES string of the molecule is O=C(O)COS(=O)(=O)c1ccc(C(F)(F)F)cc1. The van der Waals surface area contributed by atoms with Crippen molar-refractivity contribution in [2.75, 3.05) is 6.61 Å². The van der Waals surface area contributed by atoms with E-state index in [1.54, 1.807) is 0 Å². The molecule has 0 saturated carbocycles. The molecule has 0 spiro atoms. The highest BCUT2D eigenvalue weighted by Crippen LogP contribution is 2.29. The third-order valence-electron chi connectivity index (χ3n) is 1.81. The van der Waals surface area contributed by atoms with Crippen molar-refractivity contribution < 1.29 is 35.7 Å². The number of halogens is 3. The van der Waals surface area contributed by atoms with Gasteiger partial charge in [0.15, 0.2) is 6.61 Å². The third kappa shape index (κ3) is 3.70. The molecule has 100 valence electrons. The molecule has 0 saturated heterocycles. The molecule has 0 aromatic heterocycles. The van der Waals surface area contributed by atoms with E-state index in [4.69, 9.17) is 5.11 Å². The fraction of sp³-hybridized carbons (Fsp3) is 0.222. The zero-order valence-electron chi connectivity index (χ0n) is 8.64. The van der Waals surface area contributed by atoms with Crippen molar-refractivity contribution in [1.29, 1.82) is 0 Å². The number of hydrogen-bond donors (Lipinski definition) is 1. The average molecular weight is 284 g/mol. The van der Waals surface area contributed by atoms with E-state index in [0.29, 0.717) is 24.3 Å². The second-order valence-corrected chi connectivity index (χ2v) is 4.75. The van der Waals surface area contributed by atoms with Crippen molar-refractivity contribution in [1.82, 2.24) is 0 Å². The van der Waals surface area contributed by atoms with Gasteiger partial charge >= 0.3 is 12.1 Å². The number of carboxylic acid groups (broad SMARTS) is 1. The minimum atomic E-state index is -4.58. The number of carboxylic acids is 1. The van der Waals surface area contributed by atoms with Crippen LogP contribution in [0.4, 0.5) is 13.2 Å². The van der Waals surface area contributed by atoms with Gasteiger partial charge in [0.25, 0.3) is 10.1 Å². The van der Waals surface area contributed by atoms with Crippen molar-refractivity contribution in [3.63, 3.8) is 0 Å². The molecule has 0 aliphatic carbocycles. The highest BCUT2D eigenvalue weighted by molar-refractivity contribution is 7.86. The smallest absolute Gasteiger partial charge is 0.416 e. The molecule has 1 aromatic carbocycles. The van der Waals surface area contributed by atoms with Crippen LogP contribution in [0.1, 0.15) is 5.56 Å². The van der Waals surface area contributed by atoms with Crippen LogP contribution in [0.25, 0.3) is 0 Å². The molecule has 0 amide bonds. The van der Waals surface area contributed by atoms with Gasteiger partial charge in [0.05, 0.1) is 10.5 Å². The van der Waals surface area contributed by atoms with Crippen molar-refractivity contribution in [2.24, 2.45) is 0 Å². The second-order valence-electron chi connectivity index (χ2n) is 3.13. The van der Waals surface area contributed by atoms with Crippen molar-refractivity contribution in [3.8, 4) is 0 Å². The van der Waals surface area contributed by atoms with Crippen LogP contribution in [0.5, 0.6) is 0 Å². The molecule has 0 atom stereocenters. The van der Waals surface area contributed by atoms with Crippen LogP contribution in [0, 0.1) is 0 Å². The minimum absolute atomic E-state index is 0.545. The molecular weight excluding hydrogens is 277 g/mol. The molecule has 0 bridgehead atoms. The van der Waals surface area contributed by atoms with E-state index < -0.39 is 39.3 Å². The van der Waals surface area contributed by atoms with Gasteiger partial charge in [-0.3, -0.25) is 4.18 Å². The molecule has 18 heavy (non-hydrogen) atoms. The Hall–Kier alpha value is -1.61. The maximum absolute atomic E-state index is 12.2. The molecule has 9 heteroatoms. The predicted octanol–water partition coefficient (Wildman–Crippen LogP) is 1.50. The Bertz CT molecular complexity index is 532. The molecule has 0 fully saturated rings. The maximum Gasteiger partial charge on any atom is 0.416 e. The number of rotatable bonds is 4. The van der Waals surface area contributed by atoms with Gasteiger partial charge in [0.2, 0.25) is 0 Å². The Morgan fingerprint density at radius 1 is 1.22 bits per heavy atom. The molecule has 0 aliphatic heterocycles. The lowest BCUT2D eigenvalue weighted by Gasteiger charge is -2.07. The first-order valence-corrected chi connectivity index (χ1v) is 5.82. The fourth-order valence-corrected chi connectivity index (χ4v) is 1.87. The van der Waals surface area contributed by atoms with E-state index in [2.05, 4.69) is 4.18 Å². The van der Waals surface area contributed by atoms with Crippen LogP contribution >= 0.6 is 0 Å². The summed E-state index contributed by atoms with van der Waals surface area (Å²) in [5, 5.41) is 8.24. The third-order valence-corrected chi connectivity index (χ3v) is 3.09. The zero-order chi connectivity index (χ0) is 14.0. The summed E-state index contributed by atoms with van der Waals surface area (Å²) in [6, 6.07) is 2.52. The Morgan fingerprint density at radius 3 is 2.11 bits per heavy atom. The lowest BCUT2D eigenvalue weighted by Crippen LogP contribution is -2.14. The largest absolute Gasteiger partial charge is 0.479 e. The van der Waals surface area contributed by atoms with E-state index in [1.807, 2.05) is 0 Å². The molecular formula is C9H7F3O5S. The molecule has 0 radical (unpaired) electrons. The second kappa shape index (κ2) is 4.94. The van der Waals surface area contributed by atoms with Crippen molar-refractivity contribution in [2.45, 2.75) is 11.1 Å². The molecule has 0 heterocycles. The Balaban J connectivity index is 2.95. The first kappa shape index (κ1) is 14.5. The normalized spacial score (nSPS) is 12.4. The fourth-order valence-electron chi connectivity index (χ4n) is 1.01. The Labute approximate surface area is 99.9 Å². The van der Waals surface area contributed by atoms with Gasteiger partial charge in [-0.1, -0.05) is 0 Å². The number of alkyl halides is 3. The van der Waals surface area contributed by atoms with Crippen LogP contribution in [-0.2, 0) is 25.3 Å². The summed E-state index contributed by atoms with van der Waals surface area (Å²) in [6.07, 6.45) is -4.58. The highest BCUT2D eigenvalue weighted by atomic mass is 32.2. The summed E-state index contributed by atoms with van der Waals surface area (Å²) in [5.41, 5.74) is -1.01. The Kier molecular flexibility index (Phi) is 3.97. The van der Waals surface area contributed by atoms with Gasteiger partial charge in [-0.05, 0) is 24.3 Å². The summed E-state index contributed by atoms with van der Waals surface area (Å²) in [7, 11) is -4.37. The molecule has 0 unspecified atom stereocenters. The van der Waals surface area contributed by atoms with E-state index in [0.717, 1.165) is 0 Å². The van der Waals surface area contributed by atoms with Crippen LogP contribution in [0.3, 0.4) is 0 Å². The van der Waals surface area contributed by atoms with Gasteiger partial charge in [0.1, 0.15) is 0 Å². The molecule has 0 aliphatic rings. The maximum atomic E-state index is 12.2. The lowest BCUT2D eigenvalue weighted by molar-refractivity contribution is -0.139. The van der Waals surface area contributed by atoms with Crippen LogP contribution in [0.2, 0.25) is 0 Å². The number of benzene rings is 1. The zero-order valence-corrected chi connectivity index (χ0v) is 9.46. The molecule has 1 N–H and O–H groups in total. The van der Waals surface area contributed by atoms with Crippen molar-refractivity contribution >= 4 is 16.1 Å². The average Bonchev–Trinajstić information content (AvgIpc) is 2.26. The van der Waals surface area contributed by atoms with Gasteiger partial charge in [-0.2, -0.15) is 21.6 Å². The topological polar surface area (TPSA) is 80.7 Å². The van der Waals surface area contributed by atoms with Crippen LogP contribution in [-0.4, -0.2) is 26.1 Å². The highest BCUT2D eigenvalue weighted by Gasteiger charge is 2.30. The standard InChI is InChI=1S/C9H7F3O5S/c10-9(11,12)6-1-3-7(4-2-6)18(15,16)17-5-8(13)14/h1-4H,5H2,(H,13,14). The van der Waals surface area contributed by atoms with Gasteiger partial charge in [0, 0.05) is 0 Å². The van der Waals surface area contributed by atoms with Crippen molar-refractivity contribution in [3.05, 3.63) is 29.8 Å². The summed E-state index contributed by atoms with van der Waals surface area (Å²) in [5.74, 6) is -1.51. The molecule has 1 aromatic rings. The minimum Gasteiger partial charge on any atom is -0.479 e. The molecule has 5 nitrogen and oxygen atoms in total. The first-order valence-electron chi connectivity index (χ1n) is 4.41. The number of aliphatic carboxylic acids is 1. The van der Waals surface area contributed by atoms with Crippen LogP contribution in [0.15, 0.2) is 29.2 Å². The number of hydrogen-bond acceptors (Lipinski definition) is 4. The summed E-state index contributed by atoms with van der Waals surface area (Å²) in [6.45, 7) is -1.09. The van der Waals surface area contributed by atoms with E-state index in [1.165, 1.54) is 0 Å². The lowest BCUT2D eigenvalue weighted by atomic mass is 10.2. The predicted molar refractivity (Wildman–Crippen MR) is 52.2 cm³/mol. The molecule has 1 rings (SSSR count). The van der Waals surface area contributed by atoms with Gasteiger partial charge in [-0.15, -0.1) is 0 Å². The summed E-state index contributed by atoms with van der Waals surface area (Å²) < 4.78 is 63.4. The van der Waals surface area contributed by atoms with Gasteiger partial charge in [-0.25, -0.2) is 4.79 Å². The van der Waals surface area contributed by atoms with E-state index in [-0.39, 0.29) is 0 Å². The van der Waals surface area contributed by atoms with E-state index in [9.17, 15) is 26.4 Å². The quantitative estimate of drug-likeness (QED) is 0.847. The Morgan fingerprint density at radius 2 is 1.72 bits per heavy atom. The summed E-state index contributed by atoms with van der Waals surface area (Å²) in [4.78, 5) is 9.58. The summed E-state index contributed by atoms with van der Waals surface area (Å²) >= 11 is 0. The van der Waals surface area contributed by atoms with Gasteiger partial charge < -0.3 is 5.11 Å². The monoisotopic (exact) mass is 284 g/mol.